The summed E-state index contributed by atoms with van der Waals surface area (Å²) in [5.41, 5.74) is -0.702. The van der Waals surface area contributed by atoms with Crippen LogP contribution in [0.5, 0.6) is 0 Å². The van der Waals surface area contributed by atoms with Gasteiger partial charge in [0.2, 0.25) is 11.8 Å². The van der Waals surface area contributed by atoms with Crippen LogP contribution >= 0.6 is 0 Å². The third kappa shape index (κ3) is 5.27. The summed E-state index contributed by atoms with van der Waals surface area (Å²) in [5.74, 6) is 0.609. The minimum atomic E-state index is -0.702. The molecule has 5 nitrogen and oxygen atoms in total. The van der Waals surface area contributed by atoms with E-state index in [0.29, 0.717) is 38.5 Å². The van der Waals surface area contributed by atoms with Gasteiger partial charge in [-0.3, -0.25) is 9.59 Å². The maximum Gasteiger partial charge on any atom is 0.245 e. The highest BCUT2D eigenvalue weighted by molar-refractivity contribution is 5.94. The first-order chi connectivity index (χ1) is 10.3. The van der Waals surface area contributed by atoms with Crippen molar-refractivity contribution in [3.8, 4) is 0 Å². The van der Waals surface area contributed by atoms with Crippen molar-refractivity contribution in [2.75, 3.05) is 19.7 Å². The molecule has 1 aliphatic heterocycles. The van der Waals surface area contributed by atoms with E-state index in [0.717, 1.165) is 12.8 Å². The number of hydrogen-bond donors (Lipinski definition) is 1. The molecule has 0 unspecified atom stereocenters. The molecule has 1 heterocycles. The molecule has 2 amide bonds. The minimum absolute atomic E-state index is 0.0243. The molecular formula is C17H32N2O3. The molecule has 1 atom stereocenters. The molecule has 0 aliphatic carbocycles. The van der Waals surface area contributed by atoms with E-state index < -0.39 is 5.54 Å². The summed E-state index contributed by atoms with van der Waals surface area (Å²) in [7, 11) is 0. The molecule has 0 aromatic rings. The van der Waals surface area contributed by atoms with Gasteiger partial charge in [0.25, 0.3) is 0 Å². The Balaban J connectivity index is 2.53. The number of ether oxygens (including phenoxy) is 1. The first-order valence-electron chi connectivity index (χ1n) is 8.47. The van der Waals surface area contributed by atoms with E-state index in [-0.39, 0.29) is 17.9 Å². The Morgan fingerprint density at radius 1 is 1.36 bits per heavy atom. The second-order valence-electron chi connectivity index (χ2n) is 7.03. The van der Waals surface area contributed by atoms with Crippen LogP contribution in [0.2, 0.25) is 0 Å². The molecule has 1 aliphatic rings. The summed E-state index contributed by atoms with van der Waals surface area (Å²) in [6.07, 6.45) is 2.97. The number of rotatable bonds is 9. The molecule has 1 fully saturated rings. The zero-order valence-corrected chi connectivity index (χ0v) is 14.8. The molecule has 0 spiro atoms. The van der Waals surface area contributed by atoms with Crippen LogP contribution in [0, 0.1) is 5.92 Å². The smallest absolute Gasteiger partial charge is 0.245 e. The van der Waals surface area contributed by atoms with Gasteiger partial charge in [0.1, 0.15) is 5.54 Å². The lowest BCUT2D eigenvalue weighted by Crippen LogP contribution is -2.55. The van der Waals surface area contributed by atoms with Gasteiger partial charge in [-0.05, 0) is 46.0 Å². The highest BCUT2D eigenvalue weighted by atomic mass is 16.5. The highest BCUT2D eigenvalue weighted by Gasteiger charge is 2.46. The van der Waals surface area contributed by atoms with Gasteiger partial charge in [0.15, 0.2) is 0 Å². The van der Waals surface area contributed by atoms with Crippen LogP contribution in [0.4, 0.5) is 0 Å². The van der Waals surface area contributed by atoms with Gasteiger partial charge < -0.3 is 15.0 Å². The second-order valence-corrected chi connectivity index (χ2v) is 7.03. The lowest BCUT2D eigenvalue weighted by Gasteiger charge is -2.34. The van der Waals surface area contributed by atoms with Gasteiger partial charge in [-0.15, -0.1) is 0 Å². The van der Waals surface area contributed by atoms with Gasteiger partial charge in [0, 0.05) is 26.1 Å². The predicted molar refractivity (Wildman–Crippen MR) is 87.5 cm³/mol. The highest BCUT2D eigenvalue weighted by Crippen LogP contribution is 2.30. The van der Waals surface area contributed by atoms with Gasteiger partial charge >= 0.3 is 0 Å². The Bertz CT molecular complexity index is 382. The van der Waals surface area contributed by atoms with Crippen molar-refractivity contribution in [3.05, 3.63) is 0 Å². The van der Waals surface area contributed by atoms with E-state index in [1.165, 1.54) is 0 Å². The van der Waals surface area contributed by atoms with Gasteiger partial charge in [-0.2, -0.15) is 0 Å². The second kappa shape index (κ2) is 8.51. The van der Waals surface area contributed by atoms with Crippen molar-refractivity contribution in [2.45, 2.75) is 71.9 Å². The lowest BCUT2D eigenvalue weighted by molar-refractivity contribution is -0.140. The van der Waals surface area contributed by atoms with Crippen LogP contribution < -0.4 is 5.32 Å². The molecule has 0 saturated carbocycles. The number of carbonyl (C=O) groups excluding carboxylic acids is 2. The topological polar surface area (TPSA) is 58.6 Å². The van der Waals surface area contributed by atoms with Crippen LogP contribution in [0.15, 0.2) is 0 Å². The van der Waals surface area contributed by atoms with Crippen LogP contribution in [-0.2, 0) is 14.3 Å². The first-order valence-corrected chi connectivity index (χ1v) is 8.47. The Morgan fingerprint density at radius 2 is 2.05 bits per heavy atom. The zero-order valence-electron chi connectivity index (χ0n) is 14.8. The Hall–Kier alpha value is -1.10. The Kier molecular flexibility index (Phi) is 7.33. The van der Waals surface area contributed by atoms with E-state index in [9.17, 15) is 9.59 Å². The number of likely N-dealkylation sites (tertiary alicyclic amines) is 1. The van der Waals surface area contributed by atoms with Gasteiger partial charge in [0.05, 0.1) is 6.10 Å². The molecule has 1 saturated heterocycles. The molecule has 0 aromatic heterocycles. The van der Waals surface area contributed by atoms with Crippen molar-refractivity contribution in [1.29, 1.82) is 0 Å². The van der Waals surface area contributed by atoms with Crippen molar-refractivity contribution >= 4 is 11.8 Å². The largest absolute Gasteiger partial charge is 0.379 e. The number of hydrogen-bond acceptors (Lipinski definition) is 3. The van der Waals surface area contributed by atoms with Crippen molar-refractivity contribution in [2.24, 2.45) is 5.92 Å². The fourth-order valence-electron chi connectivity index (χ4n) is 2.71. The van der Waals surface area contributed by atoms with E-state index >= 15 is 0 Å². The first kappa shape index (κ1) is 18.9. The van der Waals surface area contributed by atoms with Crippen molar-refractivity contribution in [3.63, 3.8) is 0 Å². The molecule has 128 valence electrons. The minimum Gasteiger partial charge on any atom is -0.379 e. The fourth-order valence-corrected chi connectivity index (χ4v) is 2.71. The molecule has 1 rings (SSSR count). The quantitative estimate of drug-likeness (QED) is 0.665. The Morgan fingerprint density at radius 3 is 2.64 bits per heavy atom. The lowest BCUT2D eigenvalue weighted by atomic mass is 9.97. The molecule has 0 bridgehead atoms. The summed E-state index contributed by atoms with van der Waals surface area (Å²) in [6, 6.07) is 0. The van der Waals surface area contributed by atoms with Crippen molar-refractivity contribution in [1.82, 2.24) is 10.2 Å². The van der Waals surface area contributed by atoms with Crippen LogP contribution in [0.3, 0.4) is 0 Å². The SMILES string of the molecule is CC(C)CCNC(=O)[C@]1(C)CCC(=O)N1CCCOC(C)C. The van der Waals surface area contributed by atoms with Gasteiger partial charge in [-0.25, -0.2) is 0 Å². The van der Waals surface area contributed by atoms with E-state index in [1.54, 1.807) is 4.90 Å². The summed E-state index contributed by atoms with van der Waals surface area (Å²) in [4.78, 5) is 26.4. The van der Waals surface area contributed by atoms with Crippen LogP contribution in [0.25, 0.3) is 0 Å². The Labute approximate surface area is 134 Å². The average Bonchev–Trinajstić information content (AvgIpc) is 2.71. The summed E-state index contributed by atoms with van der Waals surface area (Å²) in [5, 5.41) is 2.99. The normalized spacial score (nSPS) is 22.0. The molecule has 5 heteroatoms. The van der Waals surface area contributed by atoms with E-state index in [1.807, 2.05) is 20.8 Å². The third-order valence-electron chi connectivity index (χ3n) is 4.20. The average molecular weight is 312 g/mol. The monoisotopic (exact) mass is 312 g/mol. The van der Waals surface area contributed by atoms with Crippen LogP contribution in [0.1, 0.15) is 60.3 Å². The summed E-state index contributed by atoms with van der Waals surface area (Å²) < 4.78 is 5.52. The third-order valence-corrected chi connectivity index (χ3v) is 4.20. The number of carbonyl (C=O) groups is 2. The van der Waals surface area contributed by atoms with Crippen LogP contribution in [-0.4, -0.2) is 48.1 Å². The van der Waals surface area contributed by atoms with Gasteiger partial charge in [-0.1, -0.05) is 13.8 Å². The van der Waals surface area contributed by atoms with E-state index in [2.05, 4.69) is 19.2 Å². The number of nitrogens with one attached hydrogen (secondary N) is 1. The summed E-state index contributed by atoms with van der Waals surface area (Å²) >= 11 is 0. The molecule has 22 heavy (non-hydrogen) atoms. The fraction of sp³-hybridized carbons (Fsp3) is 0.882. The zero-order chi connectivity index (χ0) is 16.8. The molecule has 1 N–H and O–H groups in total. The molecular weight excluding hydrogens is 280 g/mol. The molecule has 0 radical (unpaired) electrons. The maximum atomic E-state index is 12.5. The maximum absolute atomic E-state index is 12.5. The van der Waals surface area contributed by atoms with Crippen molar-refractivity contribution < 1.29 is 14.3 Å². The summed E-state index contributed by atoms with van der Waals surface area (Å²) in [6.45, 7) is 12.0. The number of nitrogens with zero attached hydrogens (tertiary/aromatic N) is 1. The molecule has 0 aromatic carbocycles. The number of amides is 2. The standard InChI is InChI=1S/C17H32N2O3/c1-13(2)8-10-18-16(21)17(5)9-7-15(20)19(17)11-6-12-22-14(3)4/h13-14H,6-12H2,1-5H3,(H,18,21)/t17-/m0/s1. The van der Waals surface area contributed by atoms with E-state index in [4.69, 9.17) is 4.74 Å². The predicted octanol–water partition coefficient (Wildman–Crippen LogP) is 2.34.